The number of halogens is 1. The molecule has 0 spiro atoms. The number of benzene rings is 1. The van der Waals surface area contributed by atoms with Crippen LogP contribution in [0.3, 0.4) is 0 Å². The molecule has 29 heavy (non-hydrogen) atoms. The van der Waals surface area contributed by atoms with E-state index in [9.17, 15) is 19.2 Å². The summed E-state index contributed by atoms with van der Waals surface area (Å²) >= 11 is 0. The molecule has 0 aliphatic heterocycles. The smallest absolute Gasteiger partial charge is 0.289 e. The van der Waals surface area contributed by atoms with Crippen molar-refractivity contribution in [2.75, 3.05) is 6.54 Å². The third-order valence-electron chi connectivity index (χ3n) is 4.37. The second kappa shape index (κ2) is 14.5. The molecule has 0 fully saturated rings. The Kier molecular flexibility index (Phi) is 13.3. The van der Waals surface area contributed by atoms with Crippen LogP contribution in [0.4, 0.5) is 0 Å². The van der Waals surface area contributed by atoms with E-state index in [1.807, 2.05) is 30.3 Å². The molecule has 0 radical (unpaired) electrons. The molecule has 1 rings (SSSR count). The summed E-state index contributed by atoms with van der Waals surface area (Å²) in [6.45, 7) is 2.34. The number of carbonyl (C=O) groups excluding carboxylic acids is 4. The second-order valence-corrected chi connectivity index (χ2v) is 6.78. The zero-order valence-electron chi connectivity index (χ0n) is 16.7. The van der Waals surface area contributed by atoms with Gasteiger partial charge < -0.3 is 22.1 Å². The van der Waals surface area contributed by atoms with Crippen molar-refractivity contribution in [3.05, 3.63) is 35.9 Å². The third kappa shape index (κ3) is 10.6. The summed E-state index contributed by atoms with van der Waals surface area (Å²) in [5, 5.41) is 5.22. The summed E-state index contributed by atoms with van der Waals surface area (Å²) < 4.78 is 0. The molecule has 0 aliphatic rings. The molecule has 9 heteroatoms. The Hall–Kier alpha value is -2.45. The Morgan fingerprint density at radius 2 is 1.69 bits per heavy atom. The zero-order valence-corrected chi connectivity index (χ0v) is 17.5. The van der Waals surface area contributed by atoms with Crippen molar-refractivity contribution in [1.29, 1.82) is 0 Å². The summed E-state index contributed by atoms with van der Waals surface area (Å²) in [6, 6.07) is 8.29. The number of amides is 3. The summed E-state index contributed by atoms with van der Waals surface area (Å²) in [5.41, 5.74) is 11.5. The lowest BCUT2D eigenvalue weighted by Gasteiger charge is -2.20. The van der Waals surface area contributed by atoms with Crippen LogP contribution in [0, 0.1) is 5.92 Å². The number of ketones is 1. The SMILES string of the molecule is C[C@@H](CCC(N)=O)C(=O)N[C@@H](CCCCN)C(=O)C(=O)NCc1ccccc1.Cl. The number of Topliss-reactive ketones (excluding diaryl/α,β-unsaturated/α-hetero) is 1. The minimum atomic E-state index is -0.925. The van der Waals surface area contributed by atoms with Crippen LogP contribution < -0.4 is 22.1 Å². The maximum absolute atomic E-state index is 12.6. The predicted octanol–water partition coefficient (Wildman–Crippen LogP) is 0.809. The van der Waals surface area contributed by atoms with Crippen LogP contribution in [0.2, 0.25) is 0 Å². The minimum absolute atomic E-state index is 0. The lowest BCUT2D eigenvalue weighted by molar-refractivity contribution is -0.140. The van der Waals surface area contributed by atoms with Gasteiger partial charge in [0.2, 0.25) is 17.6 Å². The molecule has 1 aromatic carbocycles. The number of carbonyl (C=O) groups is 4. The number of unbranched alkanes of at least 4 members (excludes halogenated alkanes) is 1. The Labute approximate surface area is 177 Å². The van der Waals surface area contributed by atoms with Gasteiger partial charge in [-0.05, 0) is 37.8 Å². The average molecular weight is 427 g/mol. The van der Waals surface area contributed by atoms with Crippen LogP contribution in [-0.4, -0.2) is 36.1 Å². The fourth-order valence-electron chi connectivity index (χ4n) is 2.59. The van der Waals surface area contributed by atoms with E-state index in [0.29, 0.717) is 25.8 Å². The molecule has 8 nitrogen and oxygen atoms in total. The first-order valence-electron chi connectivity index (χ1n) is 9.49. The van der Waals surface area contributed by atoms with Crippen molar-refractivity contribution in [3.8, 4) is 0 Å². The molecular formula is C20H31ClN4O4. The van der Waals surface area contributed by atoms with E-state index in [-0.39, 0.29) is 37.7 Å². The van der Waals surface area contributed by atoms with Crippen molar-refractivity contribution in [2.45, 2.75) is 51.6 Å². The van der Waals surface area contributed by atoms with Crippen LogP contribution in [-0.2, 0) is 25.7 Å². The molecule has 0 saturated carbocycles. The Bertz CT molecular complexity index is 670. The normalized spacial score (nSPS) is 12.2. The Morgan fingerprint density at radius 1 is 1.03 bits per heavy atom. The van der Waals surface area contributed by atoms with Gasteiger partial charge in [0.05, 0.1) is 6.04 Å². The van der Waals surface area contributed by atoms with Gasteiger partial charge in [-0.25, -0.2) is 0 Å². The van der Waals surface area contributed by atoms with Gasteiger partial charge >= 0.3 is 0 Å². The maximum atomic E-state index is 12.6. The standard InChI is InChI=1S/C20H30N4O4.ClH/c1-14(10-11-17(22)25)19(27)24-16(9-5-6-12-21)18(26)20(28)23-13-15-7-3-2-4-8-15;/h2-4,7-8,14,16H,5-6,9-13,21H2,1H3,(H2,22,25)(H,23,28)(H,24,27);1H/t14-,16-;/m0./s1. The molecule has 162 valence electrons. The van der Waals surface area contributed by atoms with Gasteiger partial charge in [0.25, 0.3) is 5.91 Å². The molecule has 1 aromatic rings. The van der Waals surface area contributed by atoms with Crippen molar-refractivity contribution in [2.24, 2.45) is 17.4 Å². The van der Waals surface area contributed by atoms with E-state index in [1.165, 1.54) is 0 Å². The lowest BCUT2D eigenvalue weighted by Crippen LogP contribution is -2.48. The largest absolute Gasteiger partial charge is 0.370 e. The third-order valence-corrected chi connectivity index (χ3v) is 4.37. The first-order valence-corrected chi connectivity index (χ1v) is 9.49. The minimum Gasteiger partial charge on any atom is -0.370 e. The fourth-order valence-corrected chi connectivity index (χ4v) is 2.59. The molecule has 0 unspecified atom stereocenters. The molecule has 6 N–H and O–H groups in total. The van der Waals surface area contributed by atoms with Gasteiger partial charge in [-0.1, -0.05) is 37.3 Å². The highest BCUT2D eigenvalue weighted by Gasteiger charge is 2.28. The van der Waals surface area contributed by atoms with E-state index in [4.69, 9.17) is 11.5 Å². The highest BCUT2D eigenvalue weighted by atomic mass is 35.5. The lowest BCUT2D eigenvalue weighted by atomic mass is 10.0. The molecule has 0 heterocycles. The van der Waals surface area contributed by atoms with Crippen LogP contribution in [0.1, 0.15) is 44.6 Å². The maximum Gasteiger partial charge on any atom is 0.289 e. The van der Waals surface area contributed by atoms with E-state index >= 15 is 0 Å². The topological polar surface area (TPSA) is 144 Å². The van der Waals surface area contributed by atoms with Crippen molar-refractivity contribution in [1.82, 2.24) is 10.6 Å². The number of rotatable bonds is 13. The molecule has 0 aromatic heterocycles. The van der Waals surface area contributed by atoms with Crippen molar-refractivity contribution < 1.29 is 19.2 Å². The van der Waals surface area contributed by atoms with Gasteiger partial charge in [-0.2, -0.15) is 0 Å². The predicted molar refractivity (Wildman–Crippen MR) is 113 cm³/mol. The van der Waals surface area contributed by atoms with Gasteiger partial charge in [0.1, 0.15) is 0 Å². The van der Waals surface area contributed by atoms with E-state index in [0.717, 1.165) is 5.56 Å². The summed E-state index contributed by atoms with van der Waals surface area (Å²) in [4.78, 5) is 48.0. The van der Waals surface area contributed by atoms with E-state index in [1.54, 1.807) is 6.92 Å². The van der Waals surface area contributed by atoms with E-state index < -0.39 is 29.6 Å². The highest BCUT2D eigenvalue weighted by molar-refractivity contribution is 6.38. The molecule has 0 aliphatic carbocycles. The monoisotopic (exact) mass is 426 g/mol. The quantitative estimate of drug-likeness (QED) is 0.272. The van der Waals surface area contributed by atoms with Crippen molar-refractivity contribution >= 4 is 35.9 Å². The number of hydrogen-bond donors (Lipinski definition) is 4. The van der Waals surface area contributed by atoms with Gasteiger partial charge in [0.15, 0.2) is 0 Å². The second-order valence-electron chi connectivity index (χ2n) is 6.78. The molecular weight excluding hydrogens is 396 g/mol. The van der Waals surface area contributed by atoms with Gasteiger partial charge in [-0.3, -0.25) is 19.2 Å². The first-order chi connectivity index (χ1) is 13.3. The molecule has 0 saturated heterocycles. The highest BCUT2D eigenvalue weighted by Crippen LogP contribution is 2.09. The van der Waals surface area contributed by atoms with Crippen molar-refractivity contribution in [3.63, 3.8) is 0 Å². The Balaban J connectivity index is 0.00000784. The molecule has 2 atom stereocenters. The van der Waals surface area contributed by atoms with Crippen LogP contribution in [0.15, 0.2) is 30.3 Å². The number of primary amides is 1. The first kappa shape index (κ1) is 26.6. The summed E-state index contributed by atoms with van der Waals surface area (Å²) in [6.07, 6.45) is 1.98. The number of hydrogen-bond acceptors (Lipinski definition) is 5. The Morgan fingerprint density at radius 3 is 2.28 bits per heavy atom. The number of nitrogens with two attached hydrogens (primary N) is 2. The molecule has 3 amide bonds. The van der Waals surface area contributed by atoms with E-state index in [2.05, 4.69) is 10.6 Å². The van der Waals surface area contributed by atoms with Crippen LogP contribution in [0.5, 0.6) is 0 Å². The van der Waals surface area contributed by atoms with Gasteiger partial charge in [0, 0.05) is 18.9 Å². The summed E-state index contributed by atoms with van der Waals surface area (Å²) in [5.74, 6) is -2.81. The summed E-state index contributed by atoms with van der Waals surface area (Å²) in [7, 11) is 0. The number of nitrogens with one attached hydrogen (secondary N) is 2. The van der Waals surface area contributed by atoms with Crippen LogP contribution in [0.25, 0.3) is 0 Å². The zero-order chi connectivity index (χ0) is 20.9. The van der Waals surface area contributed by atoms with Crippen LogP contribution >= 0.6 is 12.4 Å². The van der Waals surface area contributed by atoms with Gasteiger partial charge in [-0.15, -0.1) is 12.4 Å². The molecule has 0 bridgehead atoms. The average Bonchev–Trinajstić information content (AvgIpc) is 2.69. The fraction of sp³-hybridized carbons (Fsp3) is 0.500.